The number of hydrogen-bond donors (Lipinski definition) is 1. The molecular weight excluding hydrogens is 348 g/mol. The highest BCUT2D eigenvalue weighted by Gasteiger charge is 2.09. The van der Waals surface area contributed by atoms with Gasteiger partial charge in [-0.1, -0.05) is 18.2 Å². The topological polar surface area (TPSA) is 55.4 Å². The third kappa shape index (κ3) is 6.93. The van der Waals surface area contributed by atoms with Gasteiger partial charge in [0, 0.05) is 22.8 Å². The van der Waals surface area contributed by atoms with Crippen molar-refractivity contribution in [2.75, 3.05) is 12.4 Å². The standard InChI is InChI=1S/C18H17F2NO3S/c19-14-5-7-15(8-6-14)25-10-9-18(23)24-12-17(22)21-11-13-3-1-2-4-16(13)20/h1-8H,9-12H2,(H,21,22). The molecule has 0 aliphatic carbocycles. The van der Waals surface area contributed by atoms with E-state index in [4.69, 9.17) is 4.74 Å². The van der Waals surface area contributed by atoms with Gasteiger partial charge in [0.25, 0.3) is 5.91 Å². The molecule has 0 aliphatic heterocycles. The van der Waals surface area contributed by atoms with Crippen LogP contribution in [0.5, 0.6) is 0 Å². The van der Waals surface area contributed by atoms with Gasteiger partial charge < -0.3 is 10.1 Å². The Hall–Kier alpha value is -2.41. The Morgan fingerprint density at radius 1 is 1.04 bits per heavy atom. The summed E-state index contributed by atoms with van der Waals surface area (Å²) in [6.07, 6.45) is 0.128. The Labute approximate surface area is 148 Å². The van der Waals surface area contributed by atoms with Crippen molar-refractivity contribution in [3.05, 3.63) is 65.7 Å². The second kappa shape index (κ2) is 9.78. The number of benzene rings is 2. The number of thioether (sulfide) groups is 1. The van der Waals surface area contributed by atoms with Crippen molar-refractivity contribution in [2.24, 2.45) is 0 Å². The Balaban J connectivity index is 1.61. The van der Waals surface area contributed by atoms with Crippen molar-refractivity contribution in [3.8, 4) is 0 Å². The highest BCUT2D eigenvalue weighted by Crippen LogP contribution is 2.18. The molecule has 4 nitrogen and oxygen atoms in total. The van der Waals surface area contributed by atoms with Gasteiger partial charge in [-0.25, -0.2) is 8.78 Å². The molecule has 0 atom stereocenters. The van der Waals surface area contributed by atoms with Crippen LogP contribution < -0.4 is 5.32 Å². The number of carbonyl (C=O) groups is 2. The second-order valence-electron chi connectivity index (χ2n) is 5.08. The van der Waals surface area contributed by atoms with Crippen molar-refractivity contribution in [2.45, 2.75) is 17.9 Å². The van der Waals surface area contributed by atoms with Crippen LogP contribution in [0.15, 0.2) is 53.4 Å². The van der Waals surface area contributed by atoms with Gasteiger partial charge in [-0.2, -0.15) is 0 Å². The zero-order valence-corrected chi connectivity index (χ0v) is 14.2. The maximum Gasteiger partial charge on any atom is 0.307 e. The van der Waals surface area contributed by atoms with Gasteiger partial charge in [-0.15, -0.1) is 11.8 Å². The number of carbonyl (C=O) groups excluding carboxylic acids is 2. The first kappa shape index (κ1) is 18.9. The van der Waals surface area contributed by atoms with Crippen molar-refractivity contribution in [3.63, 3.8) is 0 Å². The molecule has 2 aromatic carbocycles. The first-order valence-electron chi connectivity index (χ1n) is 7.58. The third-order valence-electron chi connectivity index (χ3n) is 3.19. The predicted molar refractivity (Wildman–Crippen MR) is 90.9 cm³/mol. The average molecular weight is 365 g/mol. The summed E-state index contributed by atoms with van der Waals surface area (Å²) in [7, 11) is 0. The van der Waals surface area contributed by atoms with Gasteiger partial charge in [-0.3, -0.25) is 9.59 Å². The van der Waals surface area contributed by atoms with Gasteiger partial charge in [0.15, 0.2) is 6.61 Å². The molecule has 0 heterocycles. The van der Waals surface area contributed by atoms with Crippen LogP contribution in [0.25, 0.3) is 0 Å². The largest absolute Gasteiger partial charge is 0.456 e. The molecule has 2 rings (SSSR count). The maximum absolute atomic E-state index is 13.4. The van der Waals surface area contributed by atoms with Crippen LogP contribution >= 0.6 is 11.8 Å². The SMILES string of the molecule is O=C(COC(=O)CCSc1ccc(F)cc1)NCc1ccccc1F. The summed E-state index contributed by atoms with van der Waals surface area (Å²) in [5.74, 6) is -1.26. The zero-order valence-electron chi connectivity index (χ0n) is 13.3. The van der Waals surface area contributed by atoms with Gasteiger partial charge in [0.1, 0.15) is 11.6 Å². The average Bonchev–Trinajstić information content (AvgIpc) is 2.61. The van der Waals surface area contributed by atoms with E-state index in [2.05, 4.69) is 5.32 Å². The minimum absolute atomic E-state index is 0.0312. The van der Waals surface area contributed by atoms with E-state index in [1.165, 1.54) is 30.0 Å². The van der Waals surface area contributed by atoms with E-state index >= 15 is 0 Å². The molecular formula is C18H17F2NO3S. The molecule has 0 spiro atoms. The van der Waals surface area contributed by atoms with Gasteiger partial charge in [-0.05, 0) is 30.3 Å². The molecule has 25 heavy (non-hydrogen) atoms. The number of nitrogens with one attached hydrogen (secondary N) is 1. The van der Waals surface area contributed by atoms with Crippen molar-refractivity contribution in [1.29, 1.82) is 0 Å². The number of halogens is 2. The van der Waals surface area contributed by atoms with Crippen LogP contribution in [0.3, 0.4) is 0 Å². The van der Waals surface area contributed by atoms with Crippen LogP contribution in [0.2, 0.25) is 0 Å². The van der Waals surface area contributed by atoms with E-state index < -0.39 is 24.3 Å². The predicted octanol–water partition coefficient (Wildman–Crippen LogP) is 3.31. The molecule has 0 unspecified atom stereocenters. The second-order valence-corrected chi connectivity index (χ2v) is 6.25. The number of hydrogen-bond acceptors (Lipinski definition) is 4. The molecule has 0 bridgehead atoms. The summed E-state index contributed by atoms with van der Waals surface area (Å²) in [5, 5.41) is 2.49. The lowest BCUT2D eigenvalue weighted by Crippen LogP contribution is -2.28. The summed E-state index contributed by atoms with van der Waals surface area (Å²) < 4.78 is 31.0. The molecule has 0 fully saturated rings. The summed E-state index contributed by atoms with van der Waals surface area (Å²) in [4.78, 5) is 24.0. The first-order chi connectivity index (χ1) is 12.0. The molecule has 0 aromatic heterocycles. The van der Waals surface area contributed by atoms with Crippen molar-refractivity contribution < 1.29 is 23.1 Å². The number of esters is 1. The molecule has 7 heteroatoms. The summed E-state index contributed by atoms with van der Waals surface area (Å²) >= 11 is 1.39. The summed E-state index contributed by atoms with van der Waals surface area (Å²) in [6.45, 7) is -0.377. The highest BCUT2D eigenvalue weighted by atomic mass is 32.2. The fraction of sp³-hybridized carbons (Fsp3) is 0.222. The van der Waals surface area contributed by atoms with Crippen LogP contribution in [0, 0.1) is 11.6 Å². The van der Waals surface area contributed by atoms with Crippen LogP contribution in [0.1, 0.15) is 12.0 Å². The van der Waals surface area contributed by atoms with Crippen molar-refractivity contribution in [1.82, 2.24) is 5.32 Å². The summed E-state index contributed by atoms with van der Waals surface area (Å²) in [6, 6.07) is 12.1. The van der Waals surface area contributed by atoms with Gasteiger partial charge >= 0.3 is 5.97 Å². The number of ether oxygens (including phenoxy) is 1. The molecule has 132 valence electrons. The molecule has 0 saturated carbocycles. The van der Waals surface area contributed by atoms with E-state index in [-0.39, 0.29) is 18.8 Å². The number of rotatable bonds is 8. The molecule has 0 radical (unpaired) electrons. The molecule has 1 amide bonds. The maximum atomic E-state index is 13.4. The minimum Gasteiger partial charge on any atom is -0.456 e. The monoisotopic (exact) mass is 365 g/mol. The van der Waals surface area contributed by atoms with E-state index in [9.17, 15) is 18.4 Å². The Morgan fingerprint density at radius 2 is 1.76 bits per heavy atom. The molecule has 1 N–H and O–H groups in total. The molecule has 2 aromatic rings. The minimum atomic E-state index is -0.504. The first-order valence-corrected chi connectivity index (χ1v) is 8.57. The van der Waals surface area contributed by atoms with Crippen LogP contribution in [0.4, 0.5) is 8.78 Å². The fourth-order valence-electron chi connectivity index (χ4n) is 1.89. The quantitative estimate of drug-likeness (QED) is 0.576. The van der Waals surface area contributed by atoms with E-state index in [1.807, 2.05) is 0 Å². The third-order valence-corrected chi connectivity index (χ3v) is 4.20. The van der Waals surface area contributed by atoms with Crippen LogP contribution in [-0.4, -0.2) is 24.2 Å². The lowest BCUT2D eigenvalue weighted by atomic mass is 10.2. The highest BCUT2D eigenvalue weighted by molar-refractivity contribution is 7.99. The van der Waals surface area contributed by atoms with Gasteiger partial charge in [0.05, 0.1) is 6.42 Å². The molecule has 0 aliphatic rings. The van der Waals surface area contributed by atoms with E-state index in [0.717, 1.165) is 4.90 Å². The molecule has 0 saturated heterocycles. The Morgan fingerprint density at radius 3 is 2.48 bits per heavy atom. The lowest BCUT2D eigenvalue weighted by molar-refractivity contribution is -0.148. The number of amides is 1. The fourth-order valence-corrected chi connectivity index (χ4v) is 2.72. The van der Waals surface area contributed by atoms with E-state index in [0.29, 0.717) is 11.3 Å². The lowest BCUT2D eigenvalue weighted by Gasteiger charge is -2.07. The Kier molecular flexibility index (Phi) is 7.40. The smallest absolute Gasteiger partial charge is 0.307 e. The summed E-state index contributed by atoms with van der Waals surface area (Å²) in [5.41, 5.74) is 0.359. The normalized spacial score (nSPS) is 10.3. The Bertz CT molecular complexity index is 723. The van der Waals surface area contributed by atoms with Gasteiger partial charge in [0.2, 0.25) is 0 Å². The van der Waals surface area contributed by atoms with Crippen molar-refractivity contribution >= 4 is 23.6 Å². The zero-order chi connectivity index (χ0) is 18.1. The van der Waals surface area contributed by atoms with Crippen LogP contribution in [-0.2, 0) is 20.9 Å². The van der Waals surface area contributed by atoms with E-state index in [1.54, 1.807) is 30.3 Å².